The van der Waals surface area contributed by atoms with E-state index in [1.54, 1.807) is 10.9 Å². The van der Waals surface area contributed by atoms with Crippen molar-refractivity contribution < 1.29 is 4.79 Å². The molecule has 1 aromatic heterocycles. The SMILES string of the molecule is CSc1nn(-c2c(C)cc(C)cc2C)cc1C(=O)NN. The third-order valence-electron chi connectivity index (χ3n) is 3.11. The second kappa shape index (κ2) is 5.68. The van der Waals surface area contributed by atoms with Crippen LogP contribution < -0.4 is 11.3 Å². The molecular formula is C14H18N4OS. The largest absolute Gasteiger partial charge is 0.290 e. The summed E-state index contributed by atoms with van der Waals surface area (Å²) in [7, 11) is 0. The average Bonchev–Trinajstić information content (AvgIpc) is 2.80. The standard InChI is InChI=1S/C14H18N4OS/c1-8-5-9(2)12(10(3)6-8)18-7-11(13(19)16-15)14(17-18)20-4/h5-7H,15H2,1-4H3,(H,16,19). The van der Waals surface area contributed by atoms with Crippen molar-refractivity contribution in [3.63, 3.8) is 0 Å². The van der Waals surface area contributed by atoms with Gasteiger partial charge in [-0.2, -0.15) is 5.10 Å². The van der Waals surface area contributed by atoms with E-state index in [2.05, 4.69) is 29.6 Å². The minimum atomic E-state index is -0.331. The van der Waals surface area contributed by atoms with Crippen LogP contribution in [0.15, 0.2) is 23.4 Å². The Balaban J connectivity index is 2.60. The Morgan fingerprint density at radius 1 is 1.30 bits per heavy atom. The second-order valence-electron chi connectivity index (χ2n) is 4.72. The number of hydrogen-bond acceptors (Lipinski definition) is 4. The van der Waals surface area contributed by atoms with Gasteiger partial charge in [0.25, 0.3) is 5.91 Å². The molecule has 2 aromatic rings. The van der Waals surface area contributed by atoms with Crippen molar-refractivity contribution in [1.82, 2.24) is 15.2 Å². The number of nitrogens with zero attached hydrogens (tertiary/aromatic N) is 2. The van der Waals surface area contributed by atoms with Crippen LogP contribution in [0.25, 0.3) is 5.69 Å². The van der Waals surface area contributed by atoms with Gasteiger partial charge in [-0.1, -0.05) is 17.7 Å². The fraction of sp³-hybridized carbons (Fsp3) is 0.286. The summed E-state index contributed by atoms with van der Waals surface area (Å²) in [5, 5.41) is 5.14. The molecule has 0 unspecified atom stereocenters. The molecule has 0 fully saturated rings. The van der Waals surface area contributed by atoms with Crippen LogP contribution in [-0.4, -0.2) is 21.9 Å². The predicted molar refractivity (Wildman–Crippen MR) is 81.2 cm³/mol. The summed E-state index contributed by atoms with van der Waals surface area (Å²) in [4.78, 5) is 11.8. The number of benzene rings is 1. The van der Waals surface area contributed by atoms with Crippen molar-refractivity contribution in [3.05, 3.63) is 40.6 Å². The number of nitrogens with two attached hydrogens (primary N) is 1. The minimum Gasteiger partial charge on any atom is -0.290 e. The normalized spacial score (nSPS) is 10.7. The fourth-order valence-corrected chi connectivity index (χ4v) is 2.93. The van der Waals surface area contributed by atoms with Crippen LogP contribution in [0.3, 0.4) is 0 Å². The highest BCUT2D eigenvalue weighted by atomic mass is 32.2. The monoisotopic (exact) mass is 290 g/mol. The van der Waals surface area contributed by atoms with E-state index < -0.39 is 0 Å². The van der Waals surface area contributed by atoms with E-state index in [0.29, 0.717) is 10.6 Å². The van der Waals surface area contributed by atoms with Crippen molar-refractivity contribution in [2.24, 2.45) is 5.84 Å². The maximum atomic E-state index is 11.8. The van der Waals surface area contributed by atoms with Gasteiger partial charge in [0.15, 0.2) is 0 Å². The number of nitrogen functional groups attached to an aromatic ring is 1. The van der Waals surface area contributed by atoms with Gasteiger partial charge in [0.05, 0.1) is 11.3 Å². The molecule has 0 saturated heterocycles. The summed E-state index contributed by atoms with van der Waals surface area (Å²) in [5.74, 6) is 4.88. The zero-order chi connectivity index (χ0) is 14.9. The highest BCUT2D eigenvalue weighted by Gasteiger charge is 2.17. The van der Waals surface area contributed by atoms with E-state index in [1.165, 1.54) is 17.3 Å². The first kappa shape index (κ1) is 14.6. The molecule has 1 aromatic carbocycles. The molecule has 0 saturated carbocycles. The van der Waals surface area contributed by atoms with Gasteiger partial charge in [0, 0.05) is 6.20 Å². The summed E-state index contributed by atoms with van der Waals surface area (Å²) in [6, 6.07) is 4.21. The Hall–Kier alpha value is -1.79. The summed E-state index contributed by atoms with van der Waals surface area (Å²) >= 11 is 1.42. The summed E-state index contributed by atoms with van der Waals surface area (Å²) in [6.07, 6.45) is 3.60. The van der Waals surface area contributed by atoms with Crippen molar-refractivity contribution >= 4 is 17.7 Å². The molecule has 5 nitrogen and oxygen atoms in total. The van der Waals surface area contributed by atoms with Crippen molar-refractivity contribution in [2.75, 3.05) is 6.26 Å². The van der Waals surface area contributed by atoms with Gasteiger partial charge >= 0.3 is 0 Å². The summed E-state index contributed by atoms with van der Waals surface area (Å²) < 4.78 is 1.75. The van der Waals surface area contributed by atoms with E-state index in [-0.39, 0.29) is 5.91 Å². The first-order valence-corrected chi connectivity index (χ1v) is 7.43. The predicted octanol–water partition coefficient (Wildman–Crippen LogP) is 2.12. The number of nitrogens with one attached hydrogen (secondary N) is 1. The van der Waals surface area contributed by atoms with E-state index in [4.69, 9.17) is 5.84 Å². The van der Waals surface area contributed by atoms with Gasteiger partial charge in [0.1, 0.15) is 5.03 Å². The lowest BCUT2D eigenvalue weighted by Gasteiger charge is -2.11. The Morgan fingerprint density at radius 2 is 1.90 bits per heavy atom. The van der Waals surface area contributed by atoms with Crippen molar-refractivity contribution in [3.8, 4) is 5.69 Å². The third-order valence-corrected chi connectivity index (χ3v) is 3.80. The van der Waals surface area contributed by atoms with Gasteiger partial charge in [-0.25, -0.2) is 10.5 Å². The Bertz CT molecular complexity index is 640. The quantitative estimate of drug-likeness (QED) is 0.393. The van der Waals surface area contributed by atoms with Crippen LogP contribution in [0, 0.1) is 20.8 Å². The number of hydrogen-bond donors (Lipinski definition) is 2. The number of aryl methyl sites for hydroxylation is 3. The maximum Gasteiger partial charge on any atom is 0.269 e. The van der Waals surface area contributed by atoms with E-state index in [1.807, 2.05) is 20.1 Å². The van der Waals surface area contributed by atoms with Gasteiger partial charge in [-0.05, 0) is 38.2 Å². The zero-order valence-corrected chi connectivity index (χ0v) is 12.8. The molecule has 106 valence electrons. The van der Waals surface area contributed by atoms with Crippen molar-refractivity contribution in [1.29, 1.82) is 0 Å². The molecule has 2 rings (SSSR count). The smallest absolute Gasteiger partial charge is 0.269 e. The van der Waals surface area contributed by atoms with E-state index in [9.17, 15) is 4.79 Å². The Labute approximate surface area is 122 Å². The Morgan fingerprint density at radius 3 is 2.40 bits per heavy atom. The number of aromatic nitrogens is 2. The number of thioether (sulfide) groups is 1. The lowest BCUT2D eigenvalue weighted by molar-refractivity contribution is 0.0950. The molecule has 0 aliphatic heterocycles. The van der Waals surface area contributed by atoms with Crippen LogP contribution in [0.1, 0.15) is 27.0 Å². The first-order valence-electron chi connectivity index (χ1n) is 6.20. The highest BCUT2D eigenvalue weighted by molar-refractivity contribution is 7.98. The van der Waals surface area contributed by atoms with Crippen LogP contribution in [0.2, 0.25) is 0 Å². The molecule has 3 N–H and O–H groups in total. The minimum absolute atomic E-state index is 0.331. The Kier molecular flexibility index (Phi) is 4.15. The zero-order valence-electron chi connectivity index (χ0n) is 12.0. The molecule has 0 atom stereocenters. The van der Waals surface area contributed by atoms with Crippen LogP contribution in [-0.2, 0) is 0 Å². The number of carbonyl (C=O) groups excluding carboxylic acids is 1. The topological polar surface area (TPSA) is 72.9 Å². The maximum absolute atomic E-state index is 11.8. The molecule has 0 bridgehead atoms. The lowest BCUT2D eigenvalue weighted by Crippen LogP contribution is -2.30. The molecular weight excluding hydrogens is 272 g/mol. The van der Waals surface area contributed by atoms with Gasteiger partial charge in [-0.15, -0.1) is 11.8 Å². The molecule has 0 aliphatic carbocycles. The van der Waals surface area contributed by atoms with Gasteiger partial charge < -0.3 is 0 Å². The van der Waals surface area contributed by atoms with Crippen LogP contribution in [0.4, 0.5) is 0 Å². The van der Waals surface area contributed by atoms with Crippen molar-refractivity contribution in [2.45, 2.75) is 25.8 Å². The second-order valence-corrected chi connectivity index (χ2v) is 5.51. The molecule has 6 heteroatoms. The number of carbonyl (C=O) groups is 1. The molecule has 0 aliphatic rings. The molecule has 20 heavy (non-hydrogen) atoms. The summed E-state index contributed by atoms with van der Waals surface area (Å²) in [5.41, 5.74) is 7.10. The van der Waals surface area contributed by atoms with E-state index in [0.717, 1.165) is 16.8 Å². The van der Waals surface area contributed by atoms with Crippen LogP contribution >= 0.6 is 11.8 Å². The first-order chi connectivity index (χ1) is 9.47. The van der Waals surface area contributed by atoms with Gasteiger partial charge in [0.2, 0.25) is 0 Å². The average molecular weight is 290 g/mol. The van der Waals surface area contributed by atoms with Gasteiger partial charge in [-0.3, -0.25) is 10.2 Å². The van der Waals surface area contributed by atoms with Crippen LogP contribution in [0.5, 0.6) is 0 Å². The lowest BCUT2D eigenvalue weighted by atomic mass is 10.1. The molecule has 1 amide bonds. The number of hydrazine groups is 1. The molecule has 0 radical (unpaired) electrons. The fourth-order valence-electron chi connectivity index (χ4n) is 2.39. The highest BCUT2D eigenvalue weighted by Crippen LogP contribution is 2.25. The summed E-state index contributed by atoms with van der Waals surface area (Å²) in [6.45, 7) is 6.14. The molecule has 0 spiro atoms. The number of rotatable bonds is 3. The van der Waals surface area contributed by atoms with E-state index >= 15 is 0 Å². The third kappa shape index (κ3) is 2.57. The number of amides is 1. The molecule has 1 heterocycles.